The van der Waals surface area contributed by atoms with Crippen molar-refractivity contribution in [3.8, 4) is 0 Å². The minimum absolute atomic E-state index is 0.134. The van der Waals surface area contributed by atoms with Crippen LogP contribution < -0.4 is 0 Å². The molecule has 0 saturated heterocycles. The van der Waals surface area contributed by atoms with Crippen molar-refractivity contribution in [2.24, 2.45) is 23.2 Å². The third-order valence-corrected chi connectivity index (χ3v) is 6.83. The first-order valence-corrected chi connectivity index (χ1v) is 11.8. The summed E-state index contributed by atoms with van der Waals surface area (Å²) in [4.78, 5) is 22.5. The van der Waals surface area contributed by atoms with E-state index in [9.17, 15) is 35.9 Å². The third-order valence-electron chi connectivity index (χ3n) is 6.83. The lowest BCUT2D eigenvalue weighted by atomic mass is 9.79. The molecule has 0 heterocycles. The van der Waals surface area contributed by atoms with E-state index >= 15 is 0 Å². The molecule has 2 aliphatic rings. The summed E-state index contributed by atoms with van der Waals surface area (Å²) in [7, 11) is 1.42. The Kier molecular flexibility index (Phi) is 10.1. The van der Waals surface area contributed by atoms with Crippen molar-refractivity contribution in [1.82, 2.24) is 0 Å². The number of esters is 2. The number of hydrogen-bond donors (Lipinski definition) is 0. The Labute approximate surface area is 203 Å². The molecule has 11 heteroatoms. The molecule has 0 aromatic carbocycles. The van der Waals surface area contributed by atoms with Gasteiger partial charge in [0.1, 0.15) is 12.2 Å². The lowest BCUT2D eigenvalue weighted by molar-refractivity contribution is -0.385. The van der Waals surface area contributed by atoms with Crippen LogP contribution in [0.1, 0.15) is 80.1 Å². The van der Waals surface area contributed by atoms with Gasteiger partial charge in [-0.25, -0.2) is 4.79 Å². The quantitative estimate of drug-likeness (QED) is 0.279. The van der Waals surface area contributed by atoms with Gasteiger partial charge in [0.15, 0.2) is 0 Å². The van der Waals surface area contributed by atoms with Gasteiger partial charge in [-0.05, 0) is 84.5 Å². The number of alkyl halides is 6. The smallest absolute Gasteiger partial charge is 0.426 e. The van der Waals surface area contributed by atoms with Gasteiger partial charge in [0.25, 0.3) is 5.60 Å². The molecule has 2 rings (SSSR count). The summed E-state index contributed by atoms with van der Waals surface area (Å²) in [5.41, 5.74) is -5.70. The zero-order valence-electron chi connectivity index (χ0n) is 21.5. The maximum atomic E-state index is 13.6. The van der Waals surface area contributed by atoms with Crippen LogP contribution in [0.25, 0.3) is 0 Å². The number of halogens is 6. The van der Waals surface area contributed by atoms with Crippen LogP contribution in [0.5, 0.6) is 0 Å². The lowest BCUT2D eigenvalue weighted by Gasteiger charge is -2.40. The highest BCUT2D eigenvalue weighted by atomic mass is 19.4. The molecule has 3 atom stereocenters. The van der Waals surface area contributed by atoms with Crippen molar-refractivity contribution >= 4 is 11.9 Å². The summed E-state index contributed by atoms with van der Waals surface area (Å²) >= 11 is 0. The van der Waals surface area contributed by atoms with Crippen molar-refractivity contribution in [3.05, 3.63) is 0 Å². The summed E-state index contributed by atoms with van der Waals surface area (Å²) in [5.74, 6) is -2.06. The van der Waals surface area contributed by atoms with Crippen molar-refractivity contribution < 1.29 is 50.1 Å². The highest BCUT2D eigenvalue weighted by Crippen LogP contribution is 2.56. The number of ether oxygens (including phenoxy) is 3. The molecule has 35 heavy (non-hydrogen) atoms. The van der Waals surface area contributed by atoms with Gasteiger partial charge in [-0.1, -0.05) is 13.3 Å². The Morgan fingerprint density at radius 3 is 1.74 bits per heavy atom. The molecule has 2 bridgehead atoms. The fourth-order valence-electron chi connectivity index (χ4n) is 4.58. The molecule has 0 N–H and O–H groups in total. The Hall–Kier alpha value is -1.52. The summed E-state index contributed by atoms with van der Waals surface area (Å²) in [6.45, 7) is 8.69. The molecule has 0 aromatic heterocycles. The van der Waals surface area contributed by atoms with Crippen molar-refractivity contribution in [1.29, 1.82) is 0 Å². The van der Waals surface area contributed by atoms with Crippen LogP contribution in [0.4, 0.5) is 26.3 Å². The van der Waals surface area contributed by atoms with Gasteiger partial charge in [0.05, 0.1) is 12.5 Å². The molecule has 0 radical (unpaired) electrons. The van der Waals surface area contributed by atoms with Crippen LogP contribution >= 0.6 is 0 Å². The van der Waals surface area contributed by atoms with Crippen LogP contribution in [-0.4, -0.2) is 49.2 Å². The van der Waals surface area contributed by atoms with Crippen LogP contribution in [0.2, 0.25) is 0 Å². The SMILES string of the molecule is CC(C)(C)OC(=O)COC(CC1CC2CCC1C2)(C(F)(F)F)C(F)(F)F.CCC(C)(C)C(=O)OC. The summed E-state index contributed by atoms with van der Waals surface area (Å²) in [6.07, 6.45) is -9.25. The van der Waals surface area contributed by atoms with E-state index in [-0.39, 0.29) is 23.2 Å². The first-order valence-electron chi connectivity index (χ1n) is 11.8. The van der Waals surface area contributed by atoms with E-state index in [4.69, 9.17) is 4.74 Å². The number of rotatable bonds is 7. The van der Waals surface area contributed by atoms with Crippen molar-refractivity contribution in [3.63, 3.8) is 0 Å². The largest absolute Gasteiger partial charge is 0.469 e. The molecule has 206 valence electrons. The maximum Gasteiger partial charge on any atom is 0.426 e. The Bertz CT molecular complexity index is 709. The molecule has 2 aliphatic carbocycles. The van der Waals surface area contributed by atoms with Gasteiger partial charge in [0.2, 0.25) is 0 Å². The zero-order valence-corrected chi connectivity index (χ0v) is 21.5. The Morgan fingerprint density at radius 1 is 0.886 bits per heavy atom. The second kappa shape index (κ2) is 11.3. The predicted octanol–water partition coefficient (Wildman–Crippen LogP) is 6.63. The number of hydrogen-bond acceptors (Lipinski definition) is 5. The summed E-state index contributed by atoms with van der Waals surface area (Å²) in [6, 6.07) is 0. The minimum Gasteiger partial charge on any atom is -0.469 e. The van der Waals surface area contributed by atoms with E-state index in [0.29, 0.717) is 19.3 Å². The van der Waals surface area contributed by atoms with Gasteiger partial charge in [-0.2, -0.15) is 26.3 Å². The molecule has 0 aliphatic heterocycles. The first-order chi connectivity index (χ1) is 15.7. The predicted molar refractivity (Wildman–Crippen MR) is 116 cm³/mol. The molecular weight excluding hydrogens is 482 g/mol. The molecule has 2 saturated carbocycles. The molecule has 3 unspecified atom stereocenters. The average Bonchev–Trinajstić information content (AvgIpc) is 3.30. The summed E-state index contributed by atoms with van der Waals surface area (Å²) in [5, 5.41) is 0. The number of carbonyl (C=O) groups is 2. The van der Waals surface area contributed by atoms with Gasteiger partial charge in [0, 0.05) is 0 Å². The maximum absolute atomic E-state index is 13.6. The van der Waals surface area contributed by atoms with E-state index < -0.39 is 48.5 Å². The normalized spacial score (nSPS) is 22.9. The monoisotopic (exact) mass is 520 g/mol. The minimum atomic E-state index is -5.69. The average molecular weight is 521 g/mol. The van der Waals surface area contributed by atoms with Crippen LogP contribution in [0, 0.1) is 23.2 Å². The molecule has 2 fully saturated rings. The Balaban J connectivity index is 0.000000579. The van der Waals surface area contributed by atoms with Crippen LogP contribution in [0.3, 0.4) is 0 Å². The zero-order chi connectivity index (χ0) is 27.5. The van der Waals surface area contributed by atoms with E-state index in [1.807, 2.05) is 20.8 Å². The van der Waals surface area contributed by atoms with Gasteiger partial charge >= 0.3 is 24.3 Å². The van der Waals surface area contributed by atoms with Gasteiger partial charge in [-0.15, -0.1) is 0 Å². The van der Waals surface area contributed by atoms with Gasteiger partial charge in [-0.3, -0.25) is 4.79 Å². The molecule has 0 amide bonds. The number of methoxy groups -OCH3 is 1. The second-order valence-electron chi connectivity index (χ2n) is 11.1. The molecule has 5 nitrogen and oxygen atoms in total. The first kappa shape index (κ1) is 31.5. The van der Waals surface area contributed by atoms with E-state index in [0.717, 1.165) is 12.8 Å². The standard InChI is InChI=1S/C17H24F6O3.C7H14O2/c1-14(2,3)26-13(24)9-25-15(16(18,19)20,17(21,22)23)8-12-7-10-4-5-11(12)6-10;1-5-7(2,3)6(8)9-4/h10-12H,4-9H2,1-3H3;5H2,1-4H3. The summed E-state index contributed by atoms with van der Waals surface area (Å²) < 4.78 is 95.0. The van der Waals surface area contributed by atoms with E-state index in [1.165, 1.54) is 27.9 Å². The number of fused-ring (bicyclic) bond motifs is 2. The van der Waals surface area contributed by atoms with E-state index in [2.05, 4.69) is 9.47 Å². The fraction of sp³-hybridized carbons (Fsp3) is 0.917. The highest BCUT2D eigenvalue weighted by Gasteiger charge is 2.73. The van der Waals surface area contributed by atoms with Crippen LogP contribution in [0.15, 0.2) is 0 Å². The molecule has 0 spiro atoms. The van der Waals surface area contributed by atoms with Crippen molar-refractivity contribution in [2.75, 3.05) is 13.7 Å². The van der Waals surface area contributed by atoms with Crippen molar-refractivity contribution in [2.45, 2.75) is 104 Å². The van der Waals surface area contributed by atoms with Crippen LogP contribution in [-0.2, 0) is 23.8 Å². The Morgan fingerprint density at radius 2 is 1.43 bits per heavy atom. The van der Waals surface area contributed by atoms with Gasteiger partial charge < -0.3 is 14.2 Å². The second-order valence-corrected chi connectivity index (χ2v) is 11.1. The highest BCUT2D eigenvalue weighted by molar-refractivity contribution is 5.75. The lowest BCUT2D eigenvalue weighted by Crippen LogP contribution is -2.60. The molecular formula is C24H38F6O5. The third kappa shape index (κ3) is 8.25. The topological polar surface area (TPSA) is 61.8 Å². The fourth-order valence-corrected chi connectivity index (χ4v) is 4.58. The van der Waals surface area contributed by atoms with E-state index in [1.54, 1.807) is 0 Å². The molecule has 0 aromatic rings. The number of carbonyl (C=O) groups excluding carboxylic acids is 2.